The summed E-state index contributed by atoms with van der Waals surface area (Å²) in [5.41, 5.74) is 0. The van der Waals surface area contributed by atoms with Gasteiger partial charge < -0.3 is 14.2 Å². The molecule has 0 aliphatic carbocycles. The van der Waals surface area contributed by atoms with Crippen LogP contribution >= 0.6 is 0 Å². The maximum absolute atomic E-state index is 13.0. The molecule has 0 bridgehead atoms. The quantitative estimate of drug-likeness (QED) is 0.0261. The van der Waals surface area contributed by atoms with Gasteiger partial charge in [0.05, 0.1) is 0 Å². The molecule has 0 aromatic carbocycles. The van der Waals surface area contributed by atoms with Gasteiger partial charge in [-0.2, -0.15) is 0 Å². The summed E-state index contributed by atoms with van der Waals surface area (Å²) in [6.07, 6.45) is 95.3. The summed E-state index contributed by atoms with van der Waals surface area (Å²) in [5.74, 6) is -0.893. The first kappa shape index (κ1) is 78.1. The van der Waals surface area contributed by atoms with Gasteiger partial charge in [0.15, 0.2) is 6.10 Å². The molecule has 0 heterocycles. The number of hydrogen-bond acceptors (Lipinski definition) is 6. The first-order valence-electron chi connectivity index (χ1n) is 34.9. The summed E-state index contributed by atoms with van der Waals surface area (Å²) in [6, 6.07) is 0. The van der Waals surface area contributed by atoms with Gasteiger partial charge in [0.1, 0.15) is 13.2 Å². The SMILES string of the molecule is CC/C=C\C/C=C\C/C=C\C/C=C\C/C=C\CCCCCCCC(=O)OC(COC(=O)CCCCCCCCCCCC/C=C\C/C=C\C/C=C\C/C=C\CC)COC(=O)CCCCCCCCCCCCCCCCCCCCCC. The lowest BCUT2D eigenvalue weighted by molar-refractivity contribution is -0.167. The number of allylic oxidation sites excluding steroid dienone is 18. The number of esters is 3. The Balaban J connectivity index is 4.41. The predicted octanol–water partition coefficient (Wildman–Crippen LogP) is 24.2. The smallest absolute Gasteiger partial charge is 0.306 e. The predicted molar refractivity (Wildman–Crippen MR) is 357 cm³/mol. The van der Waals surface area contributed by atoms with Crippen LogP contribution in [0.5, 0.6) is 0 Å². The molecule has 0 rings (SSSR count). The average Bonchev–Trinajstić information content (AvgIpc) is 3.47. The highest BCUT2D eigenvalue weighted by atomic mass is 16.6. The molecule has 0 amide bonds. The summed E-state index contributed by atoms with van der Waals surface area (Å²) in [4.78, 5) is 38.5. The van der Waals surface area contributed by atoms with Crippen LogP contribution in [0.15, 0.2) is 109 Å². The van der Waals surface area contributed by atoms with Gasteiger partial charge in [-0.3, -0.25) is 14.4 Å². The van der Waals surface area contributed by atoms with Crippen LogP contribution < -0.4 is 0 Å². The van der Waals surface area contributed by atoms with E-state index < -0.39 is 6.10 Å². The Morgan fingerprint density at radius 2 is 0.476 bits per heavy atom. The molecule has 0 saturated heterocycles. The molecule has 0 spiro atoms. The summed E-state index contributed by atoms with van der Waals surface area (Å²) in [6.45, 7) is 6.44. The number of rotatable bonds is 63. The Bertz CT molecular complexity index is 1640. The lowest BCUT2D eigenvalue weighted by Gasteiger charge is -2.18. The molecule has 0 aromatic heterocycles. The first-order valence-corrected chi connectivity index (χ1v) is 34.9. The lowest BCUT2D eigenvalue weighted by Crippen LogP contribution is -2.30. The third kappa shape index (κ3) is 66.9. The lowest BCUT2D eigenvalue weighted by atomic mass is 10.0. The second kappa shape index (κ2) is 69.6. The van der Waals surface area contributed by atoms with Gasteiger partial charge >= 0.3 is 17.9 Å². The van der Waals surface area contributed by atoms with Gasteiger partial charge in [-0.05, 0) is 103 Å². The van der Waals surface area contributed by atoms with Gasteiger partial charge in [-0.15, -0.1) is 0 Å². The summed E-state index contributed by atoms with van der Waals surface area (Å²) < 4.78 is 17.0. The van der Waals surface area contributed by atoms with E-state index in [0.29, 0.717) is 19.3 Å². The van der Waals surface area contributed by atoms with Crippen molar-refractivity contribution in [3.8, 4) is 0 Å². The molecule has 0 fully saturated rings. The summed E-state index contributed by atoms with van der Waals surface area (Å²) in [7, 11) is 0. The van der Waals surface area contributed by atoms with Gasteiger partial charge in [0.25, 0.3) is 0 Å². The minimum Gasteiger partial charge on any atom is -0.462 e. The molecule has 0 aromatic rings. The number of hydrogen-bond donors (Lipinski definition) is 0. The molecule has 6 nitrogen and oxygen atoms in total. The summed E-state index contributed by atoms with van der Waals surface area (Å²) >= 11 is 0. The molecule has 1 unspecified atom stereocenters. The summed E-state index contributed by atoms with van der Waals surface area (Å²) in [5, 5.41) is 0. The molecule has 6 heteroatoms. The molecule has 0 aliphatic rings. The highest BCUT2D eigenvalue weighted by Crippen LogP contribution is 2.17. The van der Waals surface area contributed by atoms with E-state index in [1.807, 2.05) is 0 Å². The minimum atomic E-state index is -0.793. The monoisotopic (exact) mass is 1140 g/mol. The Labute approximate surface area is 508 Å². The van der Waals surface area contributed by atoms with Crippen LogP contribution in [-0.2, 0) is 28.6 Å². The zero-order chi connectivity index (χ0) is 59.2. The fourth-order valence-corrected chi connectivity index (χ4v) is 9.88. The standard InChI is InChI=1S/C76H130O6/c1-4-7-10-13-16-19-22-25-28-31-34-37-38-40-42-45-48-51-54-57-60-63-66-69-75(78)81-72-73(71-80-74(77)68-65-62-59-56-53-50-47-44-41-36-33-30-27-24-21-18-15-12-9-6-3)82-76(79)70-67-64-61-58-55-52-49-46-43-39-35-32-29-26-23-20-17-14-11-8-5-2/h7-8,10-11,16-17,19-20,25-26,28-29,34-35,37,39,46,49,73H,4-6,9,12-15,18,21-24,27,30-33,36,38,40-45,47-48,50-72H2,1-3H3/b10-7-,11-8-,19-16-,20-17-,28-25-,29-26-,37-34-,39-35-,49-46-. The van der Waals surface area contributed by atoms with Crippen LogP contribution in [0.3, 0.4) is 0 Å². The van der Waals surface area contributed by atoms with Crippen LogP contribution in [0.4, 0.5) is 0 Å². The van der Waals surface area contributed by atoms with E-state index in [9.17, 15) is 14.4 Å². The fraction of sp³-hybridized carbons (Fsp3) is 0.724. The van der Waals surface area contributed by atoms with E-state index in [-0.39, 0.29) is 31.1 Å². The molecule has 0 N–H and O–H groups in total. The molecule has 0 aliphatic heterocycles. The normalized spacial score (nSPS) is 12.8. The van der Waals surface area contributed by atoms with E-state index in [2.05, 4.69) is 130 Å². The second-order valence-corrected chi connectivity index (χ2v) is 23.0. The third-order valence-electron chi connectivity index (χ3n) is 15.0. The van der Waals surface area contributed by atoms with Crippen molar-refractivity contribution in [1.82, 2.24) is 0 Å². The highest BCUT2D eigenvalue weighted by molar-refractivity contribution is 5.71. The Morgan fingerprint density at radius 3 is 0.744 bits per heavy atom. The van der Waals surface area contributed by atoms with Gasteiger partial charge in [0, 0.05) is 19.3 Å². The van der Waals surface area contributed by atoms with Crippen LogP contribution in [0, 0.1) is 0 Å². The van der Waals surface area contributed by atoms with Crippen molar-refractivity contribution in [2.24, 2.45) is 0 Å². The van der Waals surface area contributed by atoms with Crippen molar-refractivity contribution in [3.63, 3.8) is 0 Å². The average molecular weight is 1140 g/mol. The highest BCUT2D eigenvalue weighted by Gasteiger charge is 2.19. The number of unbranched alkanes of at least 4 members (excludes halogenated alkanes) is 34. The number of ether oxygens (including phenoxy) is 3. The molecule has 0 radical (unpaired) electrons. The molecular weight excluding hydrogens is 1010 g/mol. The van der Waals surface area contributed by atoms with Crippen LogP contribution in [0.2, 0.25) is 0 Å². The van der Waals surface area contributed by atoms with Crippen LogP contribution in [0.1, 0.15) is 335 Å². The van der Waals surface area contributed by atoms with Crippen LogP contribution in [-0.4, -0.2) is 37.2 Å². The zero-order valence-electron chi connectivity index (χ0n) is 54.0. The van der Waals surface area contributed by atoms with Crippen LogP contribution in [0.25, 0.3) is 0 Å². The maximum atomic E-state index is 13.0. The Hall–Kier alpha value is -3.93. The van der Waals surface area contributed by atoms with Crippen molar-refractivity contribution >= 4 is 17.9 Å². The number of carbonyl (C=O) groups is 3. The Kier molecular flexibility index (Phi) is 66.2. The fourth-order valence-electron chi connectivity index (χ4n) is 9.88. The van der Waals surface area contributed by atoms with Gasteiger partial charge in [-0.25, -0.2) is 0 Å². The maximum Gasteiger partial charge on any atom is 0.306 e. The molecular formula is C76H130O6. The van der Waals surface area contributed by atoms with Gasteiger partial charge in [-0.1, -0.05) is 323 Å². The van der Waals surface area contributed by atoms with E-state index in [1.165, 1.54) is 161 Å². The molecule has 0 saturated carbocycles. The first-order chi connectivity index (χ1) is 40.5. The topological polar surface area (TPSA) is 78.9 Å². The van der Waals surface area contributed by atoms with E-state index in [4.69, 9.17) is 14.2 Å². The van der Waals surface area contributed by atoms with E-state index in [1.54, 1.807) is 0 Å². The largest absolute Gasteiger partial charge is 0.462 e. The van der Waals surface area contributed by atoms with Crippen molar-refractivity contribution in [2.45, 2.75) is 341 Å². The van der Waals surface area contributed by atoms with Crippen molar-refractivity contribution < 1.29 is 28.6 Å². The molecule has 1 atom stereocenters. The molecule has 470 valence electrons. The minimum absolute atomic E-state index is 0.0852. The zero-order valence-corrected chi connectivity index (χ0v) is 54.0. The van der Waals surface area contributed by atoms with E-state index in [0.717, 1.165) is 135 Å². The van der Waals surface area contributed by atoms with Crippen molar-refractivity contribution in [3.05, 3.63) is 109 Å². The van der Waals surface area contributed by atoms with E-state index >= 15 is 0 Å². The van der Waals surface area contributed by atoms with Crippen molar-refractivity contribution in [2.75, 3.05) is 13.2 Å². The third-order valence-corrected chi connectivity index (χ3v) is 15.0. The number of carbonyl (C=O) groups excluding carboxylic acids is 3. The Morgan fingerprint density at radius 1 is 0.256 bits per heavy atom. The van der Waals surface area contributed by atoms with Gasteiger partial charge in [0.2, 0.25) is 0 Å². The molecule has 82 heavy (non-hydrogen) atoms. The second-order valence-electron chi connectivity index (χ2n) is 23.0. The van der Waals surface area contributed by atoms with Crippen molar-refractivity contribution in [1.29, 1.82) is 0 Å².